The molecule has 0 aliphatic heterocycles. The fourth-order valence-corrected chi connectivity index (χ4v) is 0.833. The molecule has 0 spiro atoms. The molecule has 0 aliphatic rings. The average molecular weight is 137 g/mol. The highest BCUT2D eigenvalue weighted by Gasteiger charge is 1.85. The molecule has 0 aromatic carbocycles. The van der Waals surface area contributed by atoms with Gasteiger partial charge in [0.2, 0.25) is 0 Å². The maximum atomic E-state index is 10.1. The third-order valence-electron chi connectivity index (χ3n) is 0.439. The van der Waals surface area contributed by atoms with Gasteiger partial charge in [0.15, 0.2) is 0 Å². The van der Waals surface area contributed by atoms with Gasteiger partial charge in [-0.05, 0) is 15.3 Å². The molecule has 4 heteroatoms. The summed E-state index contributed by atoms with van der Waals surface area (Å²) in [7, 11) is 3.11. The summed E-state index contributed by atoms with van der Waals surface area (Å²) in [5, 5.41) is 2.89. The Hall–Kier alpha value is 0.490. The van der Waals surface area contributed by atoms with E-state index in [1.54, 1.807) is 6.92 Å². The van der Waals surface area contributed by atoms with Gasteiger partial charge in [-0.15, -0.1) is 0 Å². The topological polar surface area (TPSA) is 29.1 Å². The summed E-state index contributed by atoms with van der Waals surface area (Å²) >= 11 is 0. The summed E-state index contributed by atoms with van der Waals surface area (Å²) in [6.07, 6.45) is 0. The third kappa shape index (κ3) is 6.49. The van der Waals surface area contributed by atoms with E-state index in [1.165, 1.54) is 0 Å². The van der Waals surface area contributed by atoms with Crippen molar-refractivity contribution in [2.75, 3.05) is 6.54 Å². The number of nitrogens with one attached hydrogen (secondary N) is 1. The molecule has 0 heterocycles. The predicted molar refractivity (Wildman–Crippen MR) is 36.7 cm³/mol. The zero-order chi connectivity index (χ0) is 5.70. The van der Waals surface area contributed by atoms with Crippen LogP contribution in [0.25, 0.3) is 0 Å². The van der Waals surface area contributed by atoms with Gasteiger partial charge in [-0.2, -0.15) is 0 Å². The maximum absolute atomic E-state index is 10.1. The second kappa shape index (κ2) is 4.64. The lowest BCUT2D eigenvalue weighted by Gasteiger charge is -1.91. The number of carbonyl (C=O) groups is 1. The maximum Gasteiger partial charge on any atom is 0.143 e. The van der Waals surface area contributed by atoms with Crippen LogP contribution in [0.15, 0.2) is 0 Å². The summed E-state index contributed by atoms with van der Waals surface area (Å²) in [5.74, 6) is 0.190. The van der Waals surface area contributed by atoms with Gasteiger partial charge in [0.1, 0.15) is 5.78 Å². The van der Waals surface area contributed by atoms with Gasteiger partial charge in [-0.25, -0.2) is 0 Å². The van der Waals surface area contributed by atoms with E-state index in [2.05, 4.69) is 14.0 Å². The van der Waals surface area contributed by atoms with E-state index < -0.39 is 0 Å². The monoisotopic (exact) mass is 137 g/mol. The molecule has 2 nitrogen and oxygen atoms in total. The van der Waals surface area contributed by atoms with E-state index in [-0.39, 0.29) is 5.78 Å². The first-order valence-corrected chi connectivity index (χ1v) is 4.76. The number of carbonyl (C=O) groups excluding carboxylic acids is 1. The van der Waals surface area contributed by atoms with Crippen LogP contribution in [0, 0.1) is 0 Å². The Morgan fingerprint density at radius 1 is 2.00 bits per heavy atom. The molecule has 7 heavy (non-hydrogen) atoms. The Morgan fingerprint density at radius 3 is 2.71 bits per heavy atom. The van der Waals surface area contributed by atoms with E-state index in [0.717, 1.165) is 0 Å². The van der Waals surface area contributed by atoms with Gasteiger partial charge in [0.25, 0.3) is 0 Å². The largest absolute Gasteiger partial charge is 0.299 e. The molecule has 2 unspecified atom stereocenters. The lowest BCUT2D eigenvalue weighted by Crippen LogP contribution is -2.10. The number of rotatable bonds is 3. The molecular weight excluding hydrogens is 128 g/mol. The Morgan fingerprint density at radius 2 is 2.57 bits per heavy atom. The van der Waals surface area contributed by atoms with Crippen molar-refractivity contribution in [3.8, 4) is 0 Å². The van der Waals surface area contributed by atoms with Crippen molar-refractivity contribution >= 4 is 23.1 Å². The minimum atomic E-state index is 0.190. The molecule has 0 bridgehead atoms. The number of Topliss-reactive ketones (excluding diaryl/α,β-unsaturated/α-hetero) is 1. The fraction of sp³-hybridized carbons (Fsp3) is 0.667. The molecule has 0 aromatic rings. The molecule has 0 aliphatic carbocycles. The predicted octanol–water partition coefficient (Wildman–Crippen LogP) is 0.549. The highest BCUT2D eigenvalue weighted by atomic mass is 32.0. The molecule has 0 saturated carbocycles. The number of hydrogen-bond donors (Lipinski definition) is 1. The van der Waals surface area contributed by atoms with E-state index in [0.29, 0.717) is 15.0 Å². The zero-order valence-electron chi connectivity index (χ0n) is 4.19. The summed E-state index contributed by atoms with van der Waals surface area (Å²) in [6, 6.07) is 0. The highest BCUT2D eigenvalue weighted by Crippen LogP contribution is 2.11. The molecule has 0 saturated heterocycles. The Labute approximate surface area is 47.4 Å². The van der Waals surface area contributed by atoms with E-state index in [1.807, 2.05) is 0 Å². The quantitative estimate of drug-likeness (QED) is 0.575. The summed E-state index contributed by atoms with van der Waals surface area (Å²) in [6.45, 7) is 2.07. The molecule has 0 aromatic heterocycles. The summed E-state index contributed by atoms with van der Waals surface area (Å²) in [5.41, 5.74) is 0. The van der Waals surface area contributed by atoms with Gasteiger partial charge < -0.3 is 0 Å². The van der Waals surface area contributed by atoms with Gasteiger partial charge in [0.05, 0.1) is 6.54 Å². The fourth-order valence-electron chi connectivity index (χ4n) is 0.176. The third-order valence-corrected chi connectivity index (χ3v) is 1.43. The van der Waals surface area contributed by atoms with Crippen LogP contribution in [-0.4, -0.2) is 12.3 Å². The SMILES string of the molecule is CC(=O)CNPP. The minimum absolute atomic E-state index is 0.190. The van der Waals surface area contributed by atoms with Gasteiger partial charge in [-0.1, -0.05) is 8.93 Å². The van der Waals surface area contributed by atoms with Crippen LogP contribution in [0.4, 0.5) is 0 Å². The Bertz CT molecular complexity index is 66.0. The van der Waals surface area contributed by atoms with Crippen molar-refractivity contribution in [2.45, 2.75) is 6.92 Å². The number of ketones is 1. The first-order chi connectivity index (χ1) is 3.27. The van der Waals surface area contributed by atoms with E-state index >= 15 is 0 Å². The molecular formula is C3H9NOP2. The van der Waals surface area contributed by atoms with Crippen molar-refractivity contribution in [1.29, 1.82) is 0 Å². The van der Waals surface area contributed by atoms with Crippen LogP contribution >= 0.6 is 17.3 Å². The molecule has 1 N–H and O–H groups in total. The van der Waals surface area contributed by atoms with Crippen molar-refractivity contribution in [2.24, 2.45) is 0 Å². The standard InChI is InChI=1S/C3H9NOP2/c1-3(5)2-4-7-6/h4,7H,2,6H2,1H3. The second-order valence-electron chi connectivity index (χ2n) is 1.20. The van der Waals surface area contributed by atoms with Crippen molar-refractivity contribution in [1.82, 2.24) is 5.09 Å². The van der Waals surface area contributed by atoms with E-state index in [4.69, 9.17) is 0 Å². The average Bonchev–Trinajstić information content (AvgIpc) is 1.61. The van der Waals surface area contributed by atoms with Crippen molar-refractivity contribution < 1.29 is 4.79 Å². The molecule has 2 atom stereocenters. The van der Waals surface area contributed by atoms with E-state index in [9.17, 15) is 4.79 Å². The first kappa shape index (κ1) is 7.49. The van der Waals surface area contributed by atoms with Crippen LogP contribution in [0.3, 0.4) is 0 Å². The summed E-state index contributed by atoms with van der Waals surface area (Å²) in [4.78, 5) is 10.1. The van der Waals surface area contributed by atoms with Crippen LogP contribution in [0.2, 0.25) is 0 Å². The second-order valence-corrected chi connectivity index (χ2v) is 2.71. The smallest absolute Gasteiger partial charge is 0.143 e. The Balaban J connectivity index is 2.82. The molecule has 42 valence electrons. The first-order valence-electron chi connectivity index (χ1n) is 1.95. The highest BCUT2D eigenvalue weighted by molar-refractivity contribution is 8.01. The molecule has 0 fully saturated rings. The van der Waals surface area contributed by atoms with Crippen molar-refractivity contribution in [3.63, 3.8) is 0 Å². The van der Waals surface area contributed by atoms with Crippen LogP contribution in [-0.2, 0) is 4.79 Å². The number of hydrogen-bond acceptors (Lipinski definition) is 2. The Kier molecular flexibility index (Phi) is 4.97. The van der Waals surface area contributed by atoms with Crippen LogP contribution in [0.1, 0.15) is 6.92 Å². The van der Waals surface area contributed by atoms with Crippen LogP contribution in [0.5, 0.6) is 0 Å². The minimum Gasteiger partial charge on any atom is -0.299 e. The van der Waals surface area contributed by atoms with Crippen LogP contribution < -0.4 is 5.09 Å². The van der Waals surface area contributed by atoms with Crippen molar-refractivity contribution in [3.05, 3.63) is 0 Å². The van der Waals surface area contributed by atoms with Gasteiger partial charge >= 0.3 is 0 Å². The van der Waals surface area contributed by atoms with Gasteiger partial charge in [0, 0.05) is 0 Å². The molecule has 0 radical (unpaired) electrons. The lowest BCUT2D eigenvalue weighted by molar-refractivity contribution is -0.115. The van der Waals surface area contributed by atoms with Gasteiger partial charge in [-0.3, -0.25) is 9.88 Å². The lowest BCUT2D eigenvalue weighted by atomic mass is 10.5. The molecule has 0 rings (SSSR count). The molecule has 0 amide bonds. The zero-order valence-corrected chi connectivity index (χ0v) is 6.35. The summed E-state index contributed by atoms with van der Waals surface area (Å²) < 4.78 is 0. The normalized spacial score (nSPS) is 10.6.